The Hall–Kier alpha value is -2.09. The lowest BCUT2D eigenvalue weighted by atomic mass is 10.1. The molecule has 7 nitrogen and oxygen atoms in total. The van der Waals surface area contributed by atoms with Crippen molar-refractivity contribution in [3.05, 3.63) is 39.3 Å². The molecule has 2 aromatic rings. The second kappa shape index (κ2) is 9.15. The van der Waals surface area contributed by atoms with E-state index in [4.69, 9.17) is 28.9 Å². The molecular formula is C20H26Cl2N6O. The zero-order valence-corrected chi connectivity index (χ0v) is 18.4. The van der Waals surface area contributed by atoms with Crippen molar-refractivity contribution < 1.29 is 4.79 Å². The highest BCUT2D eigenvalue weighted by Crippen LogP contribution is 2.35. The monoisotopic (exact) mass is 436 g/mol. The summed E-state index contributed by atoms with van der Waals surface area (Å²) in [6.07, 6.45) is 1.37. The summed E-state index contributed by atoms with van der Waals surface area (Å²) in [6.45, 7) is 7.84. The number of aryl methyl sites for hydroxylation is 2. The minimum atomic E-state index is -0.665. The molecule has 1 aromatic heterocycles. The summed E-state index contributed by atoms with van der Waals surface area (Å²) in [5.41, 5.74) is 8.98. The van der Waals surface area contributed by atoms with Gasteiger partial charge in [-0.3, -0.25) is 4.79 Å². The summed E-state index contributed by atoms with van der Waals surface area (Å²) in [5.74, 6) is -0.438. The lowest BCUT2D eigenvalue weighted by Gasteiger charge is -2.36. The number of hydrogen-bond acceptors (Lipinski definition) is 6. The molecule has 1 aliphatic heterocycles. The summed E-state index contributed by atoms with van der Waals surface area (Å²) in [7, 11) is 2.12. The Balaban J connectivity index is 1.96. The van der Waals surface area contributed by atoms with Crippen LogP contribution in [0.1, 0.15) is 35.6 Å². The zero-order valence-electron chi connectivity index (χ0n) is 16.9. The fourth-order valence-electron chi connectivity index (χ4n) is 3.45. The number of nitrogens with two attached hydrogens (primary N) is 1. The number of rotatable bonds is 6. The maximum absolute atomic E-state index is 11.9. The molecule has 3 N–H and O–H groups in total. The Morgan fingerprint density at radius 3 is 2.41 bits per heavy atom. The van der Waals surface area contributed by atoms with Gasteiger partial charge in [0.2, 0.25) is 0 Å². The normalized spacial score (nSPS) is 14.9. The molecule has 1 aromatic carbocycles. The van der Waals surface area contributed by atoms with Gasteiger partial charge in [-0.05, 0) is 37.6 Å². The zero-order chi connectivity index (χ0) is 21.1. The number of hydrogen-bond donors (Lipinski definition) is 2. The molecular weight excluding hydrogens is 411 g/mol. The Labute approximate surface area is 181 Å². The number of primary amides is 1. The Bertz CT molecular complexity index is 912. The molecule has 0 atom stereocenters. The predicted molar refractivity (Wildman–Crippen MR) is 119 cm³/mol. The van der Waals surface area contributed by atoms with Gasteiger partial charge in [-0.2, -0.15) is 0 Å². The van der Waals surface area contributed by atoms with E-state index in [2.05, 4.69) is 39.1 Å². The molecule has 156 valence electrons. The molecule has 0 unspecified atom stereocenters. The van der Waals surface area contributed by atoms with Crippen LogP contribution in [0, 0.1) is 0 Å². The van der Waals surface area contributed by atoms with Crippen LogP contribution in [-0.2, 0) is 12.8 Å². The fourth-order valence-corrected chi connectivity index (χ4v) is 4.07. The number of amides is 1. The maximum Gasteiger partial charge on any atom is 0.271 e. The molecule has 9 heteroatoms. The van der Waals surface area contributed by atoms with Gasteiger partial charge < -0.3 is 20.9 Å². The van der Waals surface area contributed by atoms with Crippen LogP contribution in [-0.4, -0.2) is 54.0 Å². The SMILES string of the molecule is CCc1cc(Nc2nc(Cl)c(CC)nc2C(N)=O)cc(Cl)c1N1CCN(C)CC1. The van der Waals surface area contributed by atoms with Crippen LogP contribution in [0.15, 0.2) is 12.1 Å². The summed E-state index contributed by atoms with van der Waals surface area (Å²) in [4.78, 5) is 25.1. The van der Waals surface area contributed by atoms with Crippen molar-refractivity contribution in [2.45, 2.75) is 26.7 Å². The van der Waals surface area contributed by atoms with Crippen LogP contribution < -0.4 is 16.0 Å². The van der Waals surface area contributed by atoms with Crippen LogP contribution in [0.25, 0.3) is 0 Å². The topological polar surface area (TPSA) is 87.4 Å². The first-order chi connectivity index (χ1) is 13.8. The van der Waals surface area contributed by atoms with E-state index >= 15 is 0 Å². The van der Waals surface area contributed by atoms with Gasteiger partial charge >= 0.3 is 0 Å². The number of benzene rings is 1. The van der Waals surface area contributed by atoms with Gasteiger partial charge in [-0.15, -0.1) is 0 Å². The second-order valence-electron chi connectivity index (χ2n) is 7.11. The van der Waals surface area contributed by atoms with Gasteiger partial charge in [-0.25, -0.2) is 9.97 Å². The van der Waals surface area contributed by atoms with Crippen molar-refractivity contribution in [2.75, 3.05) is 43.4 Å². The molecule has 1 aliphatic rings. The number of aromatic nitrogens is 2. The first kappa shape index (κ1) is 21.6. The van der Waals surface area contributed by atoms with Crippen molar-refractivity contribution >= 4 is 46.3 Å². The first-order valence-corrected chi connectivity index (χ1v) is 10.5. The van der Waals surface area contributed by atoms with E-state index in [-0.39, 0.29) is 16.7 Å². The van der Waals surface area contributed by atoms with Crippen molar-refractivity contribution in [3.63, 3.8) is 0 Å². The standard InChI is InChI=1S/C20H26Cl2N6O/c1-4-12-10-13(11-14(21)17(12)28-8-6-27(3)7-9-28)24-20-16(19(23)29)25-15(5-2)18(22)26-20/h10-11H,4-9H2,1-3H3,(H2,23,29)(H,24,26). The molecule has 0 aliphatic carbocycles. The van der Waals surface area contributed by atoms with E-state index in [1.807, 2.05) is 19.1 Å². The Kier molecular flexibility index (Phi) is 6.82. The number of carbonyl (C=O) groups excluding carboxylic acids is 1. The van der Waals surface area contributed by atoms with E-state index < -0.39 is 5.91 Å². The van der Waals surface area contributed by atoms with Crippen LogP contribution in [0.2, 0.25) is 10.2 Å². The number of anilines is 3. The third-order valence-electron chi connectivity index (χ3n) is 5.09. The molecule has 0 radical (unpaired) electrons. The highest BCUT2D eigenvalue weighted by atomic mass is 35.5. The maximum atomic E-state index is 11.9. The summed E-state index contributed by atoms with van der Waals surface area (Å²) in [6, 6.07) is 3.86. The molecule has 29 heavy (non-hydrogen) atoms. The molecule has 2 heterocycles. The fraction of sp³-hybridized carbons (Fsp3) is 0.450. The Morgan fingerprint density at radius 1 is 1.14 bits per heavy atom. The molecule has 3 rings (SSSR count). The van der Waals surface area contributed by atoms with Gasteiger partial charge in [0.05, 0.1) is 16.4 Å². The van der Waals surface area contributed by atoms with E-state index in [1.54, 1.807) is 0 Å². The van der Waals surface area contributed by atoms with Crippen molar-refractivity contribution in [2.24, 2.45) is 5.73 Å². The van der Waals surface area contributed by atoms with Crippen LogP contribution in [0.3, 0.4) is 0 Å². The van der Waals surface area contributed by atoms with E-state index in [9.17, 15) is 4.79 Å². The van der Waals surface area contributed by atoms with E-state index in [0.717, 1.165) is 43.9 Å². The summed E-state index contributed by atoms with van der Waals surface area (Å²) in [5, 5.41) is 4.03. The lowest BCUT2D eigenvalue weighted by Crippen LogP contribution is -2.45. The first-order valence-electron chi connectivity index (χ1n) is 9.73. The lowest BCUT2D eigenvalue weighted by molar-refractivity contribution is 0.0996. The van der Waals surface area contributed by atoms with E-state index in [0.29, 0.717) is 22.8 Å². The van der Waals surface area contributed by atoms with Crippen molar-refractivity contribution in [3.8, 4) is 0 Å². The van der Waals surface area contributed by atoms with E-state index in [1.165, 1.54) is 0 Å². The largest absolute Gasteiger partial charge is 0.368 e. The molecule has 0 saturated carbocycles. The number of nitrogens with one attached hydrogen (secondary N) is 1. The molecule has 0 spiro atoms. The highest BCUT2D eigenvalue weighted by Gasteiger charge is 2.21. The number of piperazine rings is 1. The van der Waals surface area contributed by atoms with Crippen LogP contribution in [0.5, 0.6) is 0 Å². The summed E-state index contributed by atoms with van der Waals surface area (Å²) < 4.78 is 0. The number of halogens is 2. The van der Waals surface area contributed by atoms with Gasteiger partial charge in [0, 0.05) is 31.9 Å². The minimum absolute atomic E-state index is 0.0589. The third-order valence-corrected chi connectivity index (χ3v) is 5.68. The number of nitrogens with zero attached hydrogens (tertiary/aromatic N) is 4. The van der Waals surface area contributed by atoms with Crippen LogP contribution in [0.4, 0.5) is 17.2 Å². The molecule has 1 amide bonds. The molecule has 1 fully saturated rings. The van der Waals surface area contributed by atoms with Crippen molar-refractivity contribution in [1.29, 1.82) is 0 Å². The second-order valence-corrected chi connectivity index (χ2v) is 7.88. The van der Waals surface area contributed by atoms with Gasteiger partial charge in [0.25, 0.3) is 5.91 Å². The average Bonchev–Trinajstić information content (AvgIpc) is 2.68. The smallest absolute Gasteiger partial charge is 0.271 e. The van der Waals surface area contributed by atoms with Gasteiger partial charge in [0.1, 0.15) is 0 Å². The third kappa shape index (κ3) is 4.74. The summed E-state index contributed by atoms with van der Waals surface area (Å²) >= 11 is 12.9. The molecule has 1 saturated heterocycles. The average molecular weight is 437 g/mol. The number of carbonyl (C=O) groups is 1. The van der Waals surface area contributed by atoms with Crippen molar-refractivity contribution in [1.82, 2.24) is 14.9 Å². The van der Waals surface area contributed by atoms with Gasteiger partial charge in [0.15, 0.2) is 16.7 Å². The van der Waals surface area contributed by atoms with Gasteiger partial charge in [-0.1, -0.05) is 37.0 Å². The minimum Gasteiger partial charge on any atom is -0.368 e. The Morgan fingerprint density at radius 2 is 1.83 bits per heavy atom. The molecule has 0 bridgehead atoms. The highest BCUT2D eigenvalue weighted by molar-refractivity contribution is 6.33. The van der Waals surface area contributed by atoms with Crippen LogP contribution >= 0.6 is 23.2 Å². The predicted octanol–water partition coefficient (Wildman–Crippen LogP) is 3.50. The quantitative estimate of drug-likeness (QED) is 0.720. The number of likely N-dealkylation sites (N-methyl/N-ethyl adjacent to an activating group) is 1.